The van der Waals surface area contributed by atoms with E-state index in [-0.39, 0.29) is 11.4 Å². The van der Waals surface area contributed by atoms with E-state index in [0.29, 0.717) is 10.9 Å². The molecule has 1 heterocycles. The molecule has 0 saturated heterocycles. The van der Waals surface area contributed by atoms with Gasteiger partial charge in [0.05, 0.1) is 11.2 Å². The summed E-state index contributed by atoms with van der Waals surface area (Å²) in [5.41, 5.74) is 6.18. The second kappa shape index (κ2) is 2.95. The van der Waals surface area contributed by atoms with E-state index in [1.807, 2.05) is 0 Å². The van der Waals surface area contributed by atoms with E-state index in [0.717, 1.165) is 0 Å². The highest BCUT2D eigenvalue weighted by molar-refractivity contribution is 6.01. The van der Waals surface area contributed by atoms with Crippen molar-refractivity contribution in [3.63, 3.8) is 0 Å². The molecule has 2 aromatic rings. The number of benzene rings is 1. The van der Waals surface area contributed by atoms with Crippen molar-refractivity contribution in [3.8, 4) is 0 Å². The number of hydrogen-bond donors (Lipinski definition) is 2. The average Bonchev–Trinajstić information content (AvgIpc) is 2.18. The minimum atomic E-state index is -1.17. The molecule has 3 N–H and O–H groups in total. The summed E-state index contributed by atoms with van der Waals surface area (Å²) in [5, 5.41) is 16.6. The summed E-state index contributed by atoms with van der Waals surface area (Å²) in [6.07, 6.45) is 0. The molecular formula is C9H7N3O2. The SMILES string of the molecule is Nc1c(C(=O)O)nnc2ccccc12. The third-order valence-corrected chi connectivity index (χ3v) is 1.91. The van der Waals surface area contributed by atoms with Crippen molar-refractivity contribution in [3.05, 3.63) is 30.0 Å². The van der Waals surface area contributed by atoms with Gasteiger partial charge in [-0.15, -0.1) is 10.2 Å². The zero-order chi connectivity index (χ0) is 10.1. The minimum absolute atomic E-state index is 0.156. The first-order valence-electron chi connectivity index (χ1n) is 3.94. The second-order valence-corrected chi connectivity index (χ2v) is 2.78. The maximum atomic E-state index is 10.7. The quantitative estimate of drug-likeness (QED) is 0.695. The predicted molar refractivity (Wildman–Crippen MR) is 50.9 cm³/mol. The highest BCUT2D eigenvalue weighted by Crippen LogP contribution is 2.20. The normalized spacial score (nSPS) is 10.3. The lowest BCUT2D eigenvalue weighted by Gasteiger charge is -2.02. The first-order chi connectivity index (χ1) is 6.70. The number of carboxylic acid groups (broad SMARTS) is 1. The van der Waals surface area contributed by atoms with Crippen LogP contribution in [0.5, 0.6) is 0 Å². The van der Waals surface area contributed by atoms with Crippen molar-refractivity contribution < 1.29 is 9.90 Å². The molecular weight excluding hydrogens is 182 g/mol. The van der Waals surface area contributed by atoms with Gasteiger partial charge in [0.2, 0.25) is 0 Å². The van der Waals surface area contributed by atoms with Crippen molar-refractivity contribution in [2.24, 2.45) is 0 Å². The summed E-state index contributed by atoms with van der Waals surface area (Å²) >= 11 is 0. The summed E-state index contributed by atoms with van der Waals surface area (Å²) in [6.45, 7) is 0. The molecule has 0 saturated carbocycles. The number of carboxylic acids is 1. The van der Waals surface area contributed by atoms with E-state index in [1.165, 1.54) is 0 Å². The van der Waals surface area contributed by atoms with Gasteiger partial charge in [0, 0.05) is 5.39 Å². The molecule has 0 aliphatic heterocycles. The maximum absolute atomic E-state index is 10.7. The van der Waals surface area contributed by atoms with Gasteiger partial charge in [0.15, 0.2) is 5.69 Å². The number of anilines is 1. The van der Waals surface area contributed by atoms with Crippen LogP contribution in [0, 0.1) is 0 Å². The zero-order valence-corrected chi connectivity index (χ0v) is 7.14. The van der Waals surface area contributed by atoms with Crippen LogP contribution in [0.15, 0.2) is 24.3 Å². The first-order valence-corrected chi connectivity index (χ1v) is 3.94. The molecule has 70 valence electrons. The van der Waals surface area contributed by atoms with Gasteiger partial charge in [-0.25, -0.2) is 4.79 Å². The fraction of sp³-hybridized carbons (Fsp3) is 0. The van der Waals surface area contributed by atoms with Crippen molar-refractivity contribution in [1.29, 1.82) is 0 Å². The van der Waals surface area contributed by atoms with Crippen LogP contribution in [-0.4, -0.2) is 21.3 Å². The Balaban J connectivity index is 2.81. The monoisotopic (exact) mass is 189 g/mol. The number of rotatable bonds is 1. The number of nitrogen functional groups attached to an aromatic ring is 1. The summed E-state index contributed by atoms with van der Waals surface area (Å²) < 4.78 is 0. The molecule has 5 heteroatoms. The maximum Gasteiger partial charge on any atom is 0.358 e. The number of nitrogens with two attached hydrogens (primary N) is 1. The summed E-state index contributed by atoms with van der Waals surface area (Å²) in [6, 6.07) is 7.00. The van der Waals surface area contributed by atoms with Crippen LogP contribution in [0.4, 0.5) is 5.69 Å². The molecule has 0 atom stereocenters. The third-order valence-electron chi connectivity index (χ3n) is 1.91. The Bertz CT molecular complexity index is 510. The van der Waals surface area contributed by atoms with Crippen LogP contribution in [0.25, 0.3) is 10.9 Å². The molecule has 0 aliphatic rings. The van der Waals surface area contributed by atoms with Crippen LogP contribution in [0.1, 0.15) is 10.5 Å². The van der Waals surface area contributed by atoms with E-state index in [4.69, 9.17) is 10.8 Å². The lowest BCUT2D eigenvalue weighted by Crippen LogP contribution is -2.07. The highest BCUT2D eigenvalue weighted by atomic mass is 16.4. The molecule has 0 bridgehead atoms. The van der Waals surface area contributed by atoms with Gasteiger partial charge in [-0.1, -0.05) is 18.2 Å². The van der Waals surface area contributed by atoms with Crippen LogP contribution >= 0.6 is 0 Å². The largest absolute Gasteiger partial charge is 0.476 e. The lowest BCUT2D eigenvalue weighted by atomic mass is 10.2. The highest BCUT2D eigenvalue weighted by Gasteiger charge is 2.12. The van der Waals surface area contributed by atoms with E-state index >= 15 is 0 Å². The van der Waals surface area contributed by atoms with E-state index in [9.17, 15) is 4.79 Å². The van der Waals surface area contributed by atoms with Crippen molar-refractivity contribution in [1.82, 2.24) is 10.2 Å². The van der Waals surface area contributed by atoms with E-state index in [2.05, 4.69) is 10.2 Å². The Morgan fingerprint density at radius 3 is 2.71 bits per heavy atom. The van der Waals surface area contributed by atoms with Gasteiger partial charge in [0.1, 0.15) is 0 Å². The van der Waals surface area contributed by atoms with Crippen molar-refractivity contribution >= 4 is 22.6 Å². The Hall–Kier alpha value is -2.17. The van der Waals surface area contributed by atoms with Crippen LogP contribution < -0.4 is 5.73 Å². The number of aromatic carboxylic acids is 1. The summed E-state index contributed by atoms with van der Waals surface area (Å²) in [5.74, 6) is -1.17. The summed E-state index contributed by atoms with van der Waals surface area (Å²) in [4.78, 5) is 10.7. The van der Waals surface area contributed by atoms with Gasteiger partial charge in [0.25, 0.3) is 0 Å². The van der Waals surface area contributed by atoms with Crippen LogP contribution in [-0.2, 0) is 0 Å². The predicted octanol–water partition coefficient (Wildman–Crippen LogP) is 0.910. The minimum Gasteiger partial charge on any atom is -0.476 e. The van der Waals surface area contributed by atoms with Crippen molar-refractivity contribution in [2.45, 2.75) is 0 Å². The number of fused-ring (bicyclic) bond motifs is 1. The molecule has 0 radical (unpaired) electrons. The smallest absolute Gasteiger partial charge is 0.358 e. The first kappa shape index (κ1) is 8.43. The number of hydrogen-bond acceptors (Lipinski definition) is 4. The Labute approximate surface area is 79.2 Å². The van der Waals surface area contributed by atoms with Gasteiger partial charge >= 0.3 is 5.97 Å². The van der Waals surface area contributed by atoms with E-state index in [1.54, 1.807) is 24.3 Å². The topological polar surface area (TPSA) is 89.1 Å². The Morgan fingerprint density at radius 1 is 1.29 bits per heavy atom. The second-order valence-electron chi connectivity index (χ2n) is 2.78. The number of carbonyl (C=O) groups is 1. The Morgan fingerprint density at radius 2 is 2.00 bits per heavy atom. The number of aromatic nitrogens is 2. The molecule has 0 aliphatic carbocycles. The van der Waals surface area contributed by atoms with Crippen LogP contribution in [0.3, 0.4) is 0 Å². The summed E-state index contributed by atoms with van der Waals surface area (Å²) in [7, 11) is 0. The van der Waals surface area contributed by atoms with E-state index < -0.39 is 5.97 Å². The molecule has 5 nitrogen and oxygen atoms in total. The molecule has 1 aromatic heterocycles. The van der Waals surface area contributed by atoms with Gasteiger partial charge in [-0.2, -0.15) is 0 Å². The molecule has 0 spiro atoms. The molecule has 1 aromatic carbocycles. The molecule has 2 rings (SSSR count). The Kier molecular flexibility index (Phi) is 1.78. The van der Waals surface area contributed by atoms with Gasteiger partial charge in [-0.05, 0) is 6.07 Å². The van der Waals surface area contributed by atoms with Gasteiger partial charge < -0.3 is 10.8 Å². The molecule has 0 fully saturated rings. The standard InChI is InChI=1S/C9H7N3O2/c10-7-5-3-1-2-4-6(5)11-12-8(7)9(13)14/h1-4H,(H2,10,11)(H,13,14). The van der Waals surface area contributed by atoms with Crippen LogP contribution in [0.2, 0.25) is 0 Å². The zero-order valence-electron chi connectivity index (χ0n) is 7.14. The lowest BCUT2D eigenvalue weighted by molar-refractivity contribution is 0.0691. The molecule has 0 unspecified atom stereocenters. The molecule has 14 heavy (non-hydrogen) atoms. The van der Waals surface area contributed by atoms with Gasteiger partial charge in [-0.3, -0.25) is 0 Å². The fourth-order valence-electron chi connectivity index (χ4n) is 1.23. The molecule has 0 amide bonds. The fourth-order valence-corrected chi connectivity index (χ4v) is 1.23. The average molecular weight is 189 g/mol. The number of nitrogens with zero attached hydrogens (tertiary/aromatic N) is 2. The third kappa shape index (κ3) is 1.15. The van der Waals surface area contributed by atoms with Crippen molar-refractivity contribution in [2.75, 3.05) is 5.73 Å².